The highest BCUT2D eigenvalue weighted by Crippen LogP contribution is 2.12. The largest absolute Gasteiger partial charge is 0.366 e. The van der Waals surface area contributed by atoms with Gasteiger partial charge in [0.25, 0.3) is 0 Å². The number of benzene rings is 2. The lowest BCUT2D eigenvalue weighted by atomic mass is 10.0. The van der Waals surface area contributed by atoms with E-state index >= 15 is 0 Å². The first-order chi connectivity index (χ1) is 9.15. The van der Waals surface area contributed by atoms with E-state index in [9.17, 15) is 4.79 Å². The van der Waals surface area contributed by atoms with Gasteiger partial charge in [-0.25, -0.2) is 0 Å². The number of carbonyl (C=O) groups is 1. The molecule has 0 saturated carbocycles. The van der Waals surface area contributed by atoms with Crippen LogP contribution in [-0.2, 0) is 11.2 Å². The molecule has 2 rings (SSSR count). The molecule has 0 bridgehead atoms. The lowest BCUT2D eigenvalue weighted by molar-refractivity contribution is -0.114. The zero-order valence-corrected chi connectivity index (χ0v) is 11.0. The number of primary amides is 1. The molecule has 2 nitrogen and oxygen atoms in total. The Kier molecular flexibility index (Phi) is 4.14. The molecule has 2 aromatic carbocycles. The second kappa shape index (κ2) is 6.01. The minimum absolute atomic E-state index is 0.381. The van der Waals surface area contributed by atoms with Crippen LogP contribution in [0.15, 0.2) is 60.2 Å². The zero-order valence-electron chi connectivity index (χ0n) is 11.0. The second-order valence-corrected chi connectivity index (χ2v) is 4.60. The Morgan fingerprint density at radius 1 is 1.00 bits per heavy atom. The van der Waals surface area contributed by atoms with E-state index in [2.05, 4.69) is 24.3 Å². The summed E-state index contributed by atoms with van der Waals surface area (Å²) in [4.78, 5) is 11.0. The Morgan fingerprint density at radius 2 is 1.58 bits per heavy atom. The lowest BCUT2D eigenvalue weighted by Crippen LogP contribution is -2.11. The Hall–Kier alpha value is -2.35. The molecule has 0 atom stereocenters. The number of nitrogens with two attached hydrogens (primary N) is 1. The number of amides is 1. The molecule has 19 heavy (non-hydrogen) atoms. The fourth-order valence-corrected chi connectivity index (χ4v) is 1.88. The van der Waals surface area contributed by atoms with Crippen LogP contribution in [0.4, 0.5) is 0 Å². The first-order valence-corrected chi connectivity index (χ1v) is 6.26. The fourth-order valence-electron chi connectivity index (χ4n) is 1.88. The normalized spacial score (nSPS) is 11.3. The highest BCUT2D eigenvalue weighted by atomic mass is 16.1. The molecule has 0 heterocycles. The Balaban J connectivity index is 2.11. The monoisotopic (exact) mass is 251 g/mol. The third kappa shape index (κ3) is 3.81. The molecule has 0 aromatic heterocycles. The summed E-state index contributed by atoms with van der Waals surface area (Å²) < 4.78 is 0. The van der Waals surface area contributed by atoms with Crippen LogP contribution in [0.25, 0.3) is 6.08 Å². The Morgan fingerprint density at radius 3 is 2.16 bits per heavy atom. The summed E-state index contributed by atoms with van der Waals surface area (Å²) in [5, 5.41) is 0. The topological polar surface area (TPSA) is 43.1 Å². The predicted octanol–water partition coefficient (Wildman–Crippen LogP) is 3.17. The van der Waals surface area contributed by atoms with Gasteiger partial charge in [0, 0.05) is 5.57 Å². The van der Waals surface area contributed by atoms with Gasteiger partial charge in [-0.3, -0.25) is 4.79 Å². The molecular weight excluding hydrogens is 234 g/mol. The van der Waals surface area contributed by atoms with E-state index in [0.717, 1.165) is 12.0 Å². The highest BCUT2D eigenvalue weighted by Gasteiger charge is 1.99. The van der Waals surface area contributed by atoms with Gasteiger partial charge in [-0.2, -0.15) is 0 Å². The van der Waals surface area contributed by atoms with Crippen LogP contribution in [0.5, 0.6) is 0 Å². The first-order valence-electron chi connectivity index (χ1n) is 6.26. The number of carbonyl (C=O) groups excluding carboxylic acids is 1. The minimum atomic E-state index is -0.381. The van der Waals surface area contributed by atoms with Gasteiger partial charge in [0.1, 0.15) is 0 Å². The summed E-state index contributed by atoms with van der Waals surface area (Å²) in [6.07, 6.45) is 2.72. The second-order valence-electron chi connectivity index (χ2n) is 4.60. The van der Waals surface area contributed by atoms with Crippen LogP contribution in [-0.4, -0.2) is 5.91 Å². The van der Waals surface area contributed by atoms with Gasteiger partial charge in [-0.05, 0) is 36.1 Å². The first kappa shape index (κ1) is 13.1. The van der Waals surface area contributed by atoms with Crippen molar-refractivity contribution in [1.29, 1.82) is 0 Å². The zero-order chi connectivity index (χ0) is 13.7. The number of rotatable bonds is 4. The molecule has 2 aromatic rings. The van der Waals surface area contributed by atoms with E-state index in [4.69, 9.17) is 5.73 Å². The fraction of sp³-hybridized carbons (Fsp3) is 0.118. The molecular formula is C17H17NO. The van der Waals surface area contributed by atoms with Gasteiger partial charge < -0.3 is 5.73 Å². The van der Waals surface area contributed by atoms with E-state index in [1.165, 1.54) is 11.1 Å². The van der Waals surface area contributed by atoms with E-state index in [1.807, 2.05) is 30.3 Å². The minimum Gasteiger partial charge on any atom is -0.366 e. The van der Waals surface area contributed by atoms with Crippen LogP contribution in [0.1, 0.15) is 23.6 Å². The molecule has 0 aliphatic heterocycles. The van der Waals surface area contributed by atoms with Gasteiger partial charge in [0.15, 0.2) is 0 Å². The van der Waals surface area contributed by atoms with E-state index < -0.39 is 0 Å². The van der Waals surface area contributed by atoms with Crippen LogP contribution in [0, 0.1) is 0 Å². The van der Waals surface area contributed by atoms with Crippen molar-refractivity contribution in [3.63, 3.8) is 0 Å². The van der Waals surface area contributed by atoms with Crippen LogP contribution in [0.2, 0.25) is 0 Å². The SMILES string of the molecule is CC(=Cc1ccc(Cc2ccccc2)cc1)C(N)=O. The maximum Gasteiger partial charge on any atom is 0.244 e. The summed E-state index contributed by atoms with van der Waals surface area (Å²) in [5.41, 5.74) is 9.31. The quantitative estimate of drug-likeness (QED) is 0.833. The standard InChI is InChI=1S/C17H17NO/c1-13(17(18)19)11-15-7-9-16(10-8-15)12-14-5-3-2-4-6-14/h2-11H,12H2,1H3,(H2,18,19). The van der Waals surface area contributed by atoms with Gasteiger partial charge in [-0.15, -0.1) is 0 Å². The van der Waals surface area contributed by atoms with Gasteiger partial charge >= 0.3 is 0 Å². The third-order valence-electron chi connectivity index (χ3n) is 3.00. The maximum absolute atomic E-state index is 11.0. The van der Waals surface area contributed by atoms with Crippen LogP contribution >= 0.6 is 0 Å². The molecule has 1 amide bonds. The van der Waals surface area contributed by atoms with Gasteiger partial charge in [0.2, 0.25) is 5.91 Å². The molecule has 0 aliphatic carbocycles. The number of hydrogen-bond acceptors (Lipinski definition) is 1. The predicted molar refractivity (Wildman–Crippen MR) is 78.5 cm³/mol. The van der Waals surface area contributed by atoms with E-state index in [-0.39, 0.29) is 5.91 Å². The summed E-state index contributed by atoms with van der Waals surface area (Å²) >= 11 is 0. The van der Waals surface area contributed by atoms with Crippen molar-refractivity contribution in [2.24, 2.45) is 5.73 Å². The molecule has 0 fully saturated rings. The Labute approximate surface area is 113 Å². The molecule has 0 radical (unpaired) electrons. The molecule has 0 spiro atoms. The molecule has 96 valence electrons. The summed E-state index contributed by atoms with van der Waals surface area (Å²) in [5.74, 6) is -0.381. The average molecular weight is 251 g/mol. The van der Waals surface area contributed by atoms with Crippen molar-refractivity contribution in [3.8, 4) is 0 Å². The van der Waals surface area contributed by atoms with E-state index in [0.29, 0.717) is 5.57 Å². The van der Waals surface area contributed by atoms with Crippen molar-refractivity contribution >= 4 is 12.0 Å². The lowest BCUT2D eigenvalue weighted by Gasteiger charge is -2.03. The summed E-state index contributed by atoms with van der Waals surface area (Å²) in [6.45, 7) is 1.72. The van der Waals surface area contributed by atoms with Gasteiger partial charge in [0.05, 0.1) is 0 Å². The van der Waals surface area contributed by atoms with Crippen molar-refractivity contribution in [2.75, 3.05) is 0 Å². The highest BCUT2D eigenvalue weighted by molar-refractivity contribution is 5.95. The molecule has 2 heteroatoms. The van der Waals surface area contributed by atoms with Crippen molar-refractivity contribution in [2.45, 2.75) is 13.3 Å². The smallest absolute Gasteiger partial charge is 0.244 e. The van der Waals surface area contributed by atoms with Crippen molar-refractivity contribution in [1.82, 2.24) is 0 Å². The van der Waals surface area contributed by atoms with E-state index in [1.54, 1.807) is 13.0 Å². The maximum atomic E-state index is 11.0. The van der Waals surface area contributed by atoms with Crippen LogP contribution in [0.3, 0.4) is 0 Å². The van der Waals surface area contributed by atoms with Crippen LogP contribution < -0.4 is 5.73 Å². The molecule has 2 N–H and O–H groups in total. The Bertz CT molecular complexity index is 582. The third-order valence-corrected chi connectivity index (χ3v) is 3.00. The summed E-state index contributed by atoms with van der Waals surface area (Å²) in [6, 6.07) is 18.5. The number of hydrogen-bond donors (Lipinski definition) is 1. The molecule has 0 aliphatic rings. The molecule has 0 unspecified atom stereocenters. The van der Waals surface area contributed by atoms with Crippen molar-refractivity contribution in [3.05, 3.63) is 76.9 Å². The van der Waals surface area contributed by atoms with Crippen molar-refractivity contribution < 1.29 is 4.79 Å². The van der Waals surface area contributed by atoms with Gasteiger partial charge in [-0.1, -0.05) is 54.6 Å². The molecule has 0 saturated heterocycles. The average Bonchev–Trinajstić information content (AvgIpc) is 2.42. The summed E-state index contributed by atoms with van der Waals surface area (Å²) in [7, 11) is 0.